The number of hydrogen-bond acceptors (Lipinski definition) is 3. The van der Waals surface area contributed by atoms with Crippen LogP contribution in [0.2, 0.25) is 0 Å². The van der Waals surface area contributed by atoms with Gasteiger partial charge in [-0.05, 0) is 26.0 Å². The van der Waals surface area contributed by atoms with Crippen LogP contribution in [-0.4, -0.2) is 16.7 Å². The molecule has 88 valence electrons. The SMILES string of the molecule is CCNc1cc(-c2ccccc2F)c(C)nn1. The molecule has 0 amide bonds. The standard InChI is InChI=1S/C13H14FN3/c1-3-15-13-8-11(9(2)16-17-13)10-6-4-5-7-12(10)14/h4-8H,3H2,1-2H3,(H,15,17). The molecule has 0 atom stereocenters. The van der Waals surface area contributed by atoms with Crippen molar-refractivity contribution in [3.8, 4) is 11.1 Å². The molecule has 17 heavy (non-hydrogen) atoms. The molecule has 3 nitrogen and oxygen atoms in total. The van der Waals surface area contributed by atoms with Crippen LogP contribution in [0.3, 0.4) is 0 Å². The second-order valence-electron chi connectivity index (χ2n) is 3.74. The third kappa shape index (κ3) is 2.41. The Hall–Kier alpha value is -1.97. The van der Waals surface area contributed by atoms with Gasteiger partial charge in [-0.2, -0.15) is 5.10 Å². The third-order valence-corrected chi connectivity index (χ3v) is 2.50. The molecule has 0 radical (unpaired) electrons. The van der Waals surface area contributed by atoms with Gasteiger partial charge in [0, 0.05) is 17.7 Å². The molecule has 0 unspecified atom stereocenters. The Morgan fingerprint density at radius 1 is 1.18 bits per heavy atom. The van der Waals surface area contributed by atoms with Crippen molar-refractivity contribution in [3.05, 3.63) is 41.8 Å². The monoisotopic (exact) mass is 231 g/mol. The molecular formula is C13H14FN3. The van der Waals surface area contributed by atoms with E-state index in [4.69, 9.17) is 0 Å². The van der Waals surface area contributed by atoms with E-state index in [1.165, 1.54) is 6.07 Å². The summed E-state index contributed by atoms with van der Waals surface area (Å²) < 4.78 is 13.7. The predicted octanol–water partition coefficient (Wildman–Crippen LogP) is 3.02. The minimum atomic E-state index is -0.244. The average Bonchev–Trinajstić information content (AvgIpc) is 2.33. The maximum absolute atomic E-state index is 13.7. The average molecular weight is 231 g/mol. The van der Waals surface area contributed by atoms with Gasteiger partial charge in [0.15, 0.2) is 0 Å². The lowest BCUT2D eigenvalue weighted by molar-refractivity contribution is 0.631. The van der Waals surface area contributed by atoms with Crippen LogP contribution in [0.4, 0.5) is 10.2 Å². The highest BCUT2D eigenvalue weighted by molar-refractivity contribution is 5.68. The Balaban J connectivity index is 2.51. The predicted molar refractivity (Wildman–Crippen MR) is 66.3 cm³/mol. The molecule has 1 aromatic carbocycles. The van der Waals surface area contributed by atoms with Crippen molar-refractivity contribution in [3.63, 3.8) is 0 Å². The van der Waals surface area contributed by atoms with Crippen LogP contribution in [-0.2, 0) is 0 Å². The van der Waals surface area contributed by atoms with Gasteiger partial charge < -0.3 is 5.32 Å². The summed E-state index contributed by atoms with van der Waals surface area (Å²) in [5.74, 6) is 0.419. The summed E-state index contributed by atoms with van der Waals surface area (Å²) in [6.45, 7) is 4.56. The fraction of sp³-hybridized carbons (Fsp3) is 0.231. The first-order chi connectivity index (χ1) is 8.22. The molecule has 0 bridgehead atoms. The Bertz CT molecular complexity index is 526. The van der Waals surface area contributed by atoms with Crippen LogP contribution in [0.15, 0.2) is 30.3 Å². The molecule has 0 aliphatic heterocycles. The maximum atomic E-state index is 13.7. The molecule has 0 fully saturated rings. The van der Waals surface area contributed by atoms with E-state index < -0.39 is 0 Å². The summed E-state index contributed by atoms with van der Waals surface area (Å²) in [6, 6.07) is 8.50. The molecule has 1 aromatic heterocycles. The molecule has 1 heterocycles. The second-order valence-corrected chi connectivity index (χ2v) is 3.74. The molecule has 2 rings (SSSR count). The van der Waals surface area contributed by atoms with Gasteiger partial charge in [-0.25, -0.2) is 4.39 Å². The maximum Gasteiger partial charge on any atom is 0.149 e. The summed E-state index contributed by atoms with van der Waals surface area (Å²) in [4.78, 5) is 0. The largest absolute Gasteiger partial charge is 0.369 e. The highest BCUT2D eigenvalue weighted by Gasteiger charge is 2.09. The van der Waals surface area contributed by atoms with E-state index in [2.05, 4.69) is 15.5 Å². The molecule has 0 spiro atoms. The number of aromatic nitrogens is 2. The van der Waals surface area contributed by atoms with Crippen molar-refractivity contribution in [2.45, 2.75) is 13.8 Å². The summed E-state index contributed by atoms with van der Waals surface area (Å²) in [6.07, 6.45) is 0. The van der Waals surface area contributed by atoms with Crippen molar-refractivity contribution in [2.24, 2.45) is 0 Å². The van der Waals surface area contributed by atoms with Gasteiger partial charge in [0.1, 0.15) is 11.6 Å². The minimum Gasteiger partial charge on any atom is -0.369 e. The highest BCUT2D eigenvalue weighted by atomic mass is 19.1. The quantitative estimate of drug-likeness (QED) is 0.882. The van der Waals surface area contributed by atoms with Crippen molar-refractivity contribution in [2.75, 3.05) is 11.9 Å². The topological polar surface area (TPSA) is 37.8 Å². The fourth-order valence-electron chi connectivity index (χ4n) is 1.67. The fourth-order valence-corrected chi connectivity index (χ4v) is 1.67. The molecular weight excluding hydrogens is 217 g/mol. The van der Waals surface area contributed by atoms with Crippen LogP contribution in [0.1, 0.15) is 12.6 Å². The van der Waals surface area contributed by atoms with Crippen molar-refractivity contribution < 1.29 is 4.39 Å². The highest BCUT2D eigenvalue weighted by Crippen LogP contribution is 2.26. The molecule has 4 heteroatoms. The van der Waals surface area contributed by atoms with E-state index in [1.807, 2.05) is 26.0 Å². The molecule has 0 aliphatic carbocycles. The zero-order chi connectivity index (χ0) is 12.3. The molecule has 2 aromatic rings. The van der Waals surface area contributed by atoms with E-state index in [1.54, 1.807) is 12.1 Å². The zero-order valence-electron chi connectivity index (χ0n) is 9.87. The Morgan fingerprint density at radius 2 is 1.94 bits per heavy atom. The van der Waals surface area contributed by atoms with Crippen molar-refractivity contribution >= 4 is 5.82 Å². The molecule has 1 N–H and O–H groups in total. The van der Waals surface area contributed by atoms with Gasteiger partial charge in [-0.3, -0.25) is 0 Å². The zero-order valence-corrected chi connectivity index (χ0v) is 9.87. The van der Waals surface area contributed by atoms with E-state index in [9.17, 15) is 4.39 Å². The first-order valence-corrected chi connectivity index (χ1v) is 5.55. The van der Waals surface area contributed by atoms with E-state index in [0.717, 1.165) is 17.8 Å². The number of benzene rings is 1. The van der Waals surface area contributed by atoms with E-state index in [0.29, 0.717) is 11.4 Å². The first-order valence-electron chi connectivity index (χ1n) is 5.55. The van der Waals surface area contributed by atoms with Gasteiger partial charge in [0.25, 0.3) is 0 Å². The Kier molecular flexibility index (Phi) is 3.32. The number of nitrogens with zero attached hydrogens (tertiary/aromatic N) is 2. The van der Waals surface area contributed by atoms with Gasteiger partial charge >= 0.3 is 0 Å². The van der Waals surface area contributed by atoms with Gasteiger partial charge in [0.05, 0.1) is 5.69 Å². The van der Waals surface area contributed by atoms with Crippen LogP contribution in [0, 0.1) is 12.7 Å². The number of halogens is 1. The third-order valence-electron chi connectivity index (χ3n) is 2.50. The smallest absolute Gasteiger partial charge is 0.149 e. The Morgan fingerprint density at radius 3 is 2.65 bits per heavy atom. The lowest BCUT2D eigenvalue weighted by atomic mass is 10.0. The molecule has 0 saturated heterocycles. The summed E-state index contributed by atoms with van der Waals surface area (Å²) in [5.41, 5.74) is 2.05. The van der Waals surface area contributed by atoms with Gasteiger partial charge in [-0.15, -0.1) is 5.10 Å². The summed E-state index contributed by atoms with van der Waals surface area (Å²) >= 11 is 0. The number of hydrogen-bond donors (Lipinski definition) is 1. The van der Waals surface area contributed by atoms with Crippen LogP contribution < -0.4 is 5.32 Å². The van der Waals surface area contributed by atoms with Crippen LogP contribution in [0.5, 0.6) is 0 Å². The number of anilines is 1. The molecule has 0 saturated carbocycles. The van der Waals surface area contributed by atoms with Crippen molar-refractivity contribution in [1.29, 1.82) is 0 Å². The van der Waals surface area contributed by atoms with Crippen LogP contribution in [0.25, 0.3) is 11.1 Å². The lowest BCUT2D eigenvalue weighted by Crippen LogP contribution is -2.02. The first kappa shape index (κ1) is 11.5. The number of nitrogens with one attached hydrogen (secondary N) is 1. The number of rotatable bonds is 3. The lowest BCUT2D eigenvalue weighted by Gasteiger charge is -2.08. The van der Waals surface area contributed by atoms with E-state index >= 15 is 0 Å². The summed E-state index contributed by atoms with van der Waals surface area (Å²) in [5, 5.41) is 11.1. The normalized spacial score (nSPS) is 10.3. The van der Waals surface area contributed by atoms with E-state index in [-0.39, 0.29) is 5.82 Å². The van der Waals surface area contributed by atoms with Crippen LogP contribution >= 0.6 is 0 Å². The van der Waals surface area contributed by atoms with Gasteiger partial charge in [0.2, 0.25) is 0 Å². The van der Waals surface area contributed by atoms with Gasteiger partial charge in [-0.1, -0.05) is 18.2 Å². The van der Waals surface area contributed by atoms with Crippen molar-refractivity contribution in [1.82, 2.24) is 10.2 Å². The molecule has 0 aliphatic rings. The second kappa shape index (κ2) is 4.91. The Labute approximate surface area is 99.7 Å². The summed E-state index contributed by atoms with van der Waals surface area (Å²) in [7, 11) is 0. The number of aryl methyl sites for hydroxylation is 1. The minimum absolute atomic E-state index is 0.244.